The molecule has 5 rings (SSSR count). The van der Waals surface area contributed by atoms with Gasteiger partial charge in [0.25, 0.3) is 0 Å². The third kappa shape index (κ3) is 8.78. The fourth-order valence-corrected chi connectivity index (χ4v) is 8.50. The number of hydrogen-bond acceptors (Lipinski definition) is 11. The van der Waals surface area contributed by atoms with Gasteiger partial charge in [-0.2, -0.15) is 13.2 Å². The molecule has 0 aromatic rings. The zero-order valence-corrected chi connectivity index (χ0v) is 29.2. The van der Waals surface area contributed by atoms with Gasteiger partial charge in [-0.25, -0.2) is 0 Å². The van der Waals surface area contributed by atoms with E-state index >= 15 is 0 Å². The number of piperazine rings is 2. The summed E-state index contributed by atoms with van der Waals surface area (Å²) in [6.07, 6.45) is -1.50. The molecule has 4 aliphatic heterocycles. The molecule has 17 heteroatoms. The molecule has 2 amide bonds. The van der Waals surface area contributed by atoms with Gasteiger partial charge in [-0.05, 0) is 32.6 Å². The van der Waals surface area contributed by atoms with Crippen molar-refractivity contribution in [3.05, 3.63) is 12.2 Å². The van der Waals surface area contributed by atoms with Crippen LogP contribution in [0.2, 0.25) is 0 Å². The zero-order valence-electron chi connectivity index (χ0n) is 28.4. The van der Waals surface area contributed by atoms with Crippen LogP contribution >= 0.6 is 11.6 Å². The van der Waals surface area contributed by atoms with Gasteiger partial charge < -0.3 is 20.1 Å². The largest absolute Gasteiger partial charge is 0.391 e. The molecule has 0 bridgehead atoms. The summed E-state index contributed by atoms with van der Waals surface area (Å²) in [5, 5.41) is 25.8. The van der Waals surface area contributed by atoms with E-state index in [1.807, 2.05) is 30.9 Å². The van der Waals surface area contributed by atoms with Crippen molar-refractivity contribution < 1.29 is 37.4 Å². The zero-order chi connectivity index (χ0) is 35.5. The second-order valence-corrected chi connectivity index (χ2v) is 14.5. The Balaban J connectivity index is 1.30. The van der Waals surface area contributed by atoms with E-state index in [0.717, 1.165) is 0 Å². The highest BCUT2D eigenvalue weighted by atomic mass is 35.5. The molecule has 278 valence electrons. The molecule has 13 nitrogen and oxygen atoms in total. The number of halogens is 4. The number of piperidine rings is 1. The van der Waals surface area contributed by atoms with Gasteiger partial charge in [0.2, 0.25) is 11.8 Å². The number of aliphatic hydroxyl groups is 1. The summed E-state index contributed by atoms with van der Waals surface area (Å²) in [6.45, 7) is 6.72. The third-order valence-electron chi connectivity index (χ3n) is 10.8. The molecule has 11 atom stereocenters. The number of ketones is 1. The number of Topliss-reactive ketones (excluding diaryl/α,β-unsaturated/α-hetero) is 1. The molecule has 49 heavy (non-hydrogen) atoms. The molecule has 0 aromatic carbocycles. The van der Waals surface area contributed by atoms with Gasteiger partial charge in [-0.1, -0.05) is 19.1 Å². The Labute approximate surface area is 291 Å². The Morgan fingerprint density at radius 2 is 1.88 bits per heavy atom. The molecule has 5 fully saturated rings. The van der Waals surface area contributed by atoms with Crippen molar-refractivity contribution in [2.24, 2.45) is 5.92 Å². The molecule has 0 spiro atoms. The van der Waals surface area contributed by atoms with Gasteiger partial charge in [0, 0.05) is 70.7 Å². The number of carbonyl (C=O) groups is 3. The number of amides is 2. The van der Waals surface area contributed by atoms with Crippen molar-refractivity contribution in [2.45, 2.75) is 106 Å². The Morgan fingerprint density at radius 3 is 2.53 bits per heavy atom. The number of alkyl halides is 4. The Kier molecular flexibility index (Phi) is 13.0. The lowest BCUT2D eigenvalue weighted by molar-refractivity contribution is -0.182. The maximum atomic E-state index is 14.4. The average molecular weight is 721 g/mol. The SMILES string of the molecule is CCC1C(N2CCN(C(=O)C3NCNC(C)C3O)CC2)C(=O)C2NC(/C=C\COC)CNC2N1CC(=O)NC1CCC(C(F)(F)F)CC1Cl. The van der Waals surface area contributed by atoms with E-state index in [1.165, 1.54) is 0 Å². The number of methoxy groups -OCH3 is 1. The number of hydrogen-bond donors (Lipinski definition) is 6. The molecule has 6 N–H and O–H groups in total. The van der Waals surface area contributed by atoms with E-state index in [-0.39, 0.29) is 61.5 Å². The fraction of sp³-hybridized carbons (Fsp3) is 0.844. The topological polar surface area (TPSA) is 151 Å². The third-order valence-corrected chi connectivity index (χ3v) is 11.3. The highest BCUT2D eigenvalue weighted by Crippen LogP contribution is 2.39. The van der Waals surface area contributed by atoms with Crippen molar-refractivity contribution in [1.82, 2.24) is 41.3 Å². The first-order valence-electron chi connectivity index (χ1n) is 17.5. The van der Waals surface area contributed by atoms with E-state index in [2.05, 4.69) is 31.5 Å². The van der Waals surface area contributed by atoms with Crippen molar-refractivity contribution in [3.63, 3.8) is 0 Å². The second-order valence-electron chi connectivity index (χ2n) is 13.9. The van der Waals surface area contributed by atoms with Gasteiger partial charge in [-0.15, -0.1) is 11.6 Å². The Morgan fingerprint density at radius 1 is 1.14 bits per heavy atom. The molecular weight excluding hydrogens is 669 g/mol. The number of nitrogens with zero attached hydrogens (tertiary/aromatic N) is 3. The van der Waals surface area contributed by atoms with Gasteiger partial charge in [-0.3, -0.25) is 45.5 Å². The smallest absolute Gasteiger partial charge is 0.389 e. The minimum Gasteiger partial charge on any atom is -0.389 e. The van der Waals surface area contributed by atoms with Gasteiger partial charge in [0.05, 0.1) is 48.8 Å². The molecule has 4 heterocycles. The maximum Gasteiger partial charge on any atom is 0.391 e. The maximum absolute atomic E-state index is 14.4. The number of likely N-dealkylation sites (tertiary alicyclic amines) is 1. The van der Waals surface area contributed by atoms with Crippen LogP contribution in [0.3, 0.4) is 0 Å². The predicted octanol–water partition coefficient (Wildman–Crippen LogP) is -0.656. The standard InChI is InChI=1S/C32H52ClF3N8O5/c1-4-23-27(42-9-11-43(12-10-42)31(48)26-28(46)18(2)38-17-39-26)29(47)25-30(37-15-20(40-25)6-5-13-49-3)44(23)16-24(45)41-22-8-7-19(14-21(22)33)32(34,35)36/h5-6,18-23,25-28,30,37-40,46H,4,7-17H2,1-3H3,(H,41,45)/b6-5-. The van der Waals surface area contributed by atoms with Crippen LogP contribution in [0.1, 0.15) is 39.5 Å². The lowest BCUT2D eigenvalue weighted by Gasteiger charge is -2.55. The van der Waals surface area contributed by atoms with Crippen LogP contribution in [-0.4, -0.2) is 163 Å². The van der Waals surface area contributed by atoms with E-state index in [1.54, 1.807) is 12.0 Å². The fourth-order valence-electron chi connectivity index (χ4n) is 8.09. The molecular formula is C32H52ClF3N8O5. The number of rotatable bonds is 9. The number of nitrogens with one attached hydrogen (secondary N) is 5. The predicted molar refractivity (Wildman–Crippen MR) is 177 cm³/mol. The lowest BCUT2D eigenvalue weighted by Crippen LogP contribution is -2.79. The van der Waals surface area contributed by atoms with Crippen LogP contribution in [0, 0.1) is 5.92 Å². The number of carbonyl (C=O) groups excluding carboxylic acids is 3. The summed E-state index contributed by atoms with van der Waals surface area (Å²) >= 11 is 6.38. The van der Waals surface area contributed by atoms with Crippen molar-refractivity contribution in [2.75, 3.05) is 59.7 Å². The van der Waals surface area contributed by atoms with E-state index in [4.69, 9.17) is 16.3 Å². The lowest BCUT2D eigenvalue weighted by atomic mass is 9.84. The van der Waals surface area contributed by atoms with Gasteiger partial charge in [0.1, 0.15) is 6.04 Å². The quantitative estimate of drug-likeness (QED) is 0.133. The summed E-state index contributed by atoms with van der Waals surface area (Å²) in [5.74, 6) is -2.01. The van der Waals surface area contributed by atoms with Crippen LogP contribution in [0.5, 0.6) is 0 Å². The van der Waals surface area contributed by atoms with Crippen molar-refractivity contribution in [1.29, 1.82) is 0 Å². The first-order valence-corrected chi connectivity index (χ1v) is 17.9. The minimum absolute atomic E-state index is 0.00110. The highest BCUT2D eigenvalue weighted by Gasteiger charge is 2.53. The molecule has 1 saturated carbocycles. The number of ether oxygens (including phenoxy) is 1. The Bertz CT molecular complexity index is 1190. The van der Waals surface area contributed by atoms with E-state index in [0.29, 0.717) is 52.4 Å². The molecule has 11 unspecified atom stereocenters. The molecule has 5 aliphatic rings. The van der Waals surface area contributed by atoms with Crippen LogP contribution in [0.4, 0.5) is 13.2 Å². The van der Waals surface area contributed by atoms with E-state index < -0.39 is 53.9 Å². The number of fused-ring (bicyclic) bond motifs is 1. The van der Waals surface area contributed by atoms with Crippen LogP contribution in [0.15, 0.2) is 12.2 Å². The first-order chi connectivity index (χ1) is 23.3. The summed E-state index contributed by atoms with van der Waals surface area (Å²) in [7, 11) is 1.60. The van der Waals surface area contributed by atoms with Crippen molar-refractivity contribution >= 4 is 29.2 Å². The summed E-state index contributed by atoms with van der Waals surface area (Å²) in [6, 6.07) is -3.25. The first kappa shape index (κ1) is 38.3. The molecule has 4 saturated heterocycles. The Hall–Kier alpha value is -1.89. The summed E-state index contributed by atoms with van der Waals surface area (Å²) in [4.78, 5) is 47.2. The van der Waals surface area contributed by atoms with Gasteiger partial charge >= 0.3 is 6.18 Å². The van der Waals surface area contributed by atoms with Crippen LogP contribution in [-0.2, 0) is 19.1 Å². The molecule has 1 aliphatic carbocycles. The van der Waals surface area contributed by atoms with E-state index in [9.17, 15) is 32.7 Å². The molecule has 0 radical (unpaired) electrons. The highest BCUT2D eigenvalue weighted by molar-refractivity contribution is 6.21. The van der Waals surface area contributed by atoms with Crippen LogP contribution in [0.25, 0.3) is 0 Å². The summed E-state index contributed by atoms with van der Waals surface area (Å²) in [5.41, 5.74) is 0. The average Bonchev–Trinajstić information content (AvgIpc) is 3.07. The minimum atomic E-state index is -4.32. The summed E-state index contributed by atoms with van der Waals surface area (Å²) < 4.78 is 45.1. The number of aliphatic hydroxyl groups excluding tert-OH is 1. The monoisotopic (exact) mass is 720 g/mol. The van der Waals surface area contributed by atoms with Gasteiger partial charge in [0.15, 0.2) is 5.78 Å². The van der Waals surface area contributed by atoms with Crippen molar-refractivity contribution in [3.8, 4) is 0 Å². The molecule has 0 aromatic heterocycles. The normalized spacial score (nSPS) is 38.4. The van der Waals surface area contributed by atoms with Crippen LogP contribution < -0.4 is 26.6 Å². The second kappa shape index (κ2) is 16.6.